The van der Waals surface area contributed by atoms with Crippen LogP contribution in [0.1, 0.15) is 61.8 Å². The molecular formula is C20H25N. The molecular weight excluding hydrogens is 254 g/mol. The second kappa shape index (κ2) is 6.34. The fourth-order valence-corrected chi connectivity index (χ4v) is 3.49. The van der Waals surface area contributed by atoms with Crippen LogP contribution in [0.15, 0.2) is 48.5 Å². The van der Waals surface area contributed by atoms with Crippen molar-refractivity contribution in [2.75, 3.05) is 5.32 Å². The van der Waals surface area contributed by atoms with Crippen LogP contribution in [-0.2, 0) is 6.42 Å². The van der Waals surface area contributed by atoms with Gasteiger partial charge in [0.25, 0.3) is 0 Å². The van der Waals surface area contributed by atoms with Gasteiger partial charge in [-0.15, -0.1) is 0 Å². The Labute approximate surface area is 128 Å². The summed E-state index contributed by atoms with van der Waals surface area (Å²) in [4.78, 5) is 0. The third-order valence-electron chi connectivity index (χ3n) is 4.66. The Morgan fingerprint density at radius 1 is 0.952 bits per heavy atom. The average Bonchev–Trinajstić information content (AvgIpc) is 2.52. The van der Waals surface area contributed by atoms with Gasteiger partial charge in [-0.1, -0.05) is 62.7 Å². The fourth-order valence-electron chi connectivity index (χ4n) is 3.49. The van der Waals surface area contributed by atoms with E-state index in [9.17, 15) is 0 Å². The number of anilines is 1. The summed E-state index contributed by atoms with van der Waals surface area (Å²) in [5, 5.41) is 3.81. The number of aryl methyl sites for hydroxylation is 1. The molecule has 0 saturated carbocycles. The van der Waals surface area contributed by atoms with E-state index in [0.29, 0.717) is 12.0 Å². The molecule has 0 radical (unpaired) electrons. The normalized spacial score (nSPS) is 20.9. The third kappa shape index (κ3) is 2.97. The molecule has 1 heteroatoms. The van der Waals surface area contributed by atoms with Crippen LogP contribution >= 0.6 is 0 Å². The zero-order valence-electron chi connectivity index (χ0n) is 13.1. The Balaban J connectivity index is 1.88. The van der Waals surface area contributed by atoms with Crippen LogP contribution in [0.4, 0.5) is 5.69 Å². The molecule has 0 amide bonds. The minimum absolute atomic E-state index is 0.454. The SMILES string of the molecule is CCCc1ccccc1NC1CCC(C)c2ccccc21. The number of fused-ring (bicyclic) bond motifs is 1. The number of hydrogen-bond acceptors (Lipinski definition) is 1. The van der Waals surface area contributed by atoms with Crippen molar-refractivity contribution >= 4 is 5.69 Å². The highest BCUT2D eigenvalue weighted by atomic mass is 14.9. The van der Waals surface area contributed by atoms with Gasteiger partial charge in [-0.25, -0.2) is 0 Å². The first kappa shape index (κ1) is 14.2. The van der Waals surface area contributed by atoms with E-state index in [-0.39, 0.29) is 0 Å². The molecule has 0 saturated heterocycles. The van der Waals surface area contributed by atoms with Crippen molar-refractivity contribution in [1.29, 1.82) is 0 Å². The van der Waals surface area contributed by atoms with Gasteiger partial charge in [-0.2, -0.15) is 0 Å². The summed E-state index contributed by atoms with van der Waals surface area (Å²) in [6.45, 7) is 4.59. The monoisotopic (exact) mass is 279 g/mol. The zero-order valence-corrected chi connectivity index (χ0v) is 13.1. The van der Waals surface area contributed by atoms with Crippen molar-refractivity contribution in [3.63, 3.8) is 0 Å². The van der Waals surface area contributed by atoms with E-state index in [1.807, 2.05) is 0 Å². The molecule has 3 rings (SSSR count). The van der Waals surface area contributed by atoms with Crippen LogP contribution in [0.2, 0.25) is 0 Å². The van der Waals surface area contributed by atoms with E-state index in [0.717, 1.165) is 6.42 Å². The van der Waals surface area contributed by atoms with Crippen LogP contribution in [0.5, 0.6) is 0 Å². The minimum atomic E-state index is 0.454. The van der Waals surface area contributed by atoms with Crippen molar-refractivity contribution in [2.24, 2.45) is 0 Å². The van der Waals surface area contributed by atoms with Crippen molar-refractivity contribution in [2.45, 2.75) is 51.5 Å². The van der Waals surface area contributed by atoms with E-state index in [1.54, 1.807) is 0 Å². The van der Waals surface area contributed by atoms with Crippen molar-refractivity contribution < 1.29 is 0 Å². The summed E-state index contributed by atoms with van der Waals surface area (Å²) in [6, 6.07) is 18.2. The van der Waals surface area contributed by atoms with Gasteiger partial charge < -0.3 is 5.32 Å². The second-order valence-electron chi connectivity index (χ2n) is 6.21. The molecule has 2 aromatic carbocycles. The number of nitrogens with one attached hydrogen (secondary N) is 1. The Morgan fingerprint density at radius 3 is 2.48 bits per heavy atom. The molecule has 2 unspecified atom stereocenters. The Morgan fingerprint density at radius 2 is 1.67 bits per heavy atom. The molecule has 2 atom stereocenters. The van der Waals surface area contributed by atoms with Gasteiger partial charge in [0.1, 0.15) is 0 Å². The highest BCUT2D eigenvalue weighted by Gasteiger charge is 2.24. The third-order valence-corrected chi connectivity index (χ3v) is 4.66. The lowest BCUT2D eigenvalue weighted by Crippen LogP contribution is -2.19. The van der Waals surface area contributed by atoms with Crippen LogP contribution in [-0.4, -0.2) is 0 Å². The number of benzene rings is 2. The molecule has 0 aliphatic heterocycles. The maximum absolute atomic E-state index is 3.81. The fraction of sp³-hybridized carbons (Fsp3) is 0.400. The Hall–Kier alpha value is -1.76. The lowest BCUT2D eigenvalue weighted by molar-refractivity contribution is 0.534. The Kier molecular flexibility index (Phi) is 4.28. The number of rotatable bonds is 4. The molecule has 1 aliphatic rings. The number of hydrogen-bond donors (Lipinski definition) is 1. The van der Waals surface area contributed by atoms with Crippen LogP contribution < -0.4 is 5.32 Å². The highest BCUT2D eigenvalue weighted by Crippen LogP contribution is 2.39. The van der Waals surface area contributed by atoms with Crippen molar-refractivity contribution in [3.05, 3.63) is 65.2 Å². The average molecular weight is 279 g/mol. The molecule has 1 N–H and O–H groups in total. The van der Waals surface area contributed by atoms with Crippen molar-refractivity contribution in [1.82, 2.24) is 0 Å². The van der Waals surface area contributed by atoms with Gasteiger partial charge in [0.05, 0.1) is 6.04 Å². The first-order valence-corrected chi connectivity index (χ1v) is 8.23. The lowest BCUT2D eigenvalue weighted by Gasteiger charge is -2.31. The molecule has 110 valence electrons. The largest absolute Gasteiger partial charge is 0.378 e. The predicted molar refractivity (Wildman–Crippen MR) is 90.9 cm³/mol. The molecule has 2 aromatic rings. The molecule has 1 nitrogen and oxygen atoms in total. The second-order valence-corrected chi connectivity index (χ2v) is 6.21. The summed E-state index contributed by atoms with van der Waals surface area (Å²) < 4.78 is 0. The number of para-hydroxylation sites is 1. The van der Waals surface area contributed by atoms with Crippen LogP contribution in [0, 0.1) is 0 Å². The molecule has 1 aliphatic carbocycles. The van der Waals surface area contributed by atoms with Gasteiger partial charge in [0.2, 0.25) is 0 Å². The van der Waals surface area contributed by atoms with Gasteiger partial charge in [0, 0.05) is 5.69 Å². The summed E-state index contributed by atoms with van der Waals surface area (Å²) in [5.41, 5.74) is 5.77. The molecule has 21 heavy (non-hydrogen) atoms. The molecule has 0 bridgehead atoms. The Bertz CT molecular complexity index is 602. The molecule has 0 spiro atoms. The standard InChI is InChI=1S/C20H25N/c1-3-8-16-9-4-7-12-19(16)21-20-14-13-15(2)17-10-5-6-11-18(17)20/h4-7,9-12,15,20-21H,3,8,13-14H2,1-2H3. The van der Waals surface area contributed by atoms with Crippen LogP contribution in [0.3, 0.4) is 0 Å². The van der Waals surface area contributed by atoms with E-state index < -0.39 is 0 Å². The van der Waals surface area contributed by atoms with E-state index in [2.05, 4.69) is 67.7 Å². The van der Waals surface area contributed by atoms with Gasteiger partial charge in [-0.3, -0.25) is 0 Å². The highest BCUT2D eigenvalue weighted by molar-refractivity contribution is 5.54. The van der Waals surface area contributed by atoms with E-state index in [1.165, 1.54) is 41.6 Å². The maximum Gasteiger partial charge on any atom is 0.0516 e. The van der Waals surface area contributed by atoms with E-state index in [4.69, 9.17) is 0 Å². The van der Waals surface area contributed by atoms with E-state index >= 15 is 0 Å². The maximum atomic E-state index is 3.81. The molecule has 0 heterocycles. The smallest absolute Gasteiger partial charge is 0.0516 e. The topological polar surface area (TPSA) is 12.0 Å². The predicted octanol–water partition coefficient (Wildman–Crippen LogP) is 5.69. The zero-order chi connectivity index (χ0) is 14.7. The van der Waals surface area contributed by atoms with Gasteiger partial charge in [-0.05, 0) is 47.9 Å². The molecule has 0 fully saturated rings. The van der Waals surface area contributed by atoms with Gasteiger partial charge >= 0.3 is 0 Å². The summed E-state index contributed by atoms with van der Waals surface area (Å²) >= 11 is 0. The first-order chi connectivity index (χ1) is 10.3. The summed E-state index contributed by atoms with van der Waals surface area (Å²) in [6.07, 6.45) is 4.83. The van der Waals surface area contributed by atoms with Gasteiger partial charge in [0.15, 0.2) is 0 Å². The minimum Gasteiger partial charge on any atom is -0.378 e. The van der Waals surface area contributed by atoms with Crippen LogP contribution in [0.25, 0.3) is 0 Å². The lowest BCUT2D eigenvalue weighted by atomic mass is 9.81. The first-order valence-electron chi connectivity index (χ1n) is 8.23. The molecule has 0 aromatic heterocycles. The summed E-state index contributed by atoms with van der Waals surface area (Å²) in [5.74, 6) is 0.685. The van der Waals surface area contributed by atoms with Crippen molar-refractivity contribution in [3.8, 4) is 0 Å². The quantitative estimate of drug-likeness (QED) is 0.758. The summed E-state index contributed by atoms with van der Waals surface area (Å²) in [7, 11) is 0.